The molecule has 15 rings (SSSR count). The molecule has 0 N–H and O–H groups in total. The van der Waals surface area contributed by atoms with Crippen LogP contribution in [0.3, 0.4) is 0 Å². The Morgan fingerprint density at radius 3 is 1.18 bits per heavy atom. The highest BCUT2D eigenvalue weighted by Crippen LogP contribution is 2.50. The molecule has 0 saturated heterocycles. The molecule has 11 aromatic carbocycles. The van der Waals surface area contributed by atoms with Gasteiger partial charge in [0.25, 0.3) is 0 Å². The molecule has 0 bridgehead atoms. The molecule has 0 amide bonds. The Kier molecular flexibility index (Phi) is 7.69. The van der Waals surface area contributed by atoms with Crippen molar-refractivity contribution < 1.29 is 17.7 Å². The van der Waals surface area contributed by atoms with Crippen molar-refractivity contribution in [2.75, 3.05) is 9.80 Å². The van der Waals surface area contributed by atoms with Crippen LogP contribution < -0.4 is 9.80 Å². The monoisotopic (exact) mass is 872 g/mol. The molecule has 6 heteroatoms. The second-order valence-electron chi connectivity index (χ2n) is 17.5. The SMILES string of the molecule is c1ccc(N(c2ccc3oc4ccccc4c3c2)c2cc3oc4c(ccc5oc6cc(N(c7ccccc7)c7ccc8oc9ccccc9c8c7)c7ccccc7c6c54)c3c3ccccc23)cc1. The van der Waals surface area contributed by atoms with E-state index < -0.39 is 0 Å². The third kappa shape index (κ3) is 5.34. The second kappa shape index (κ2) is 14.1. The summed E-state index contributed by atoms with van der Waals surface area (Å²) < 4.78 is 26.7. The predicted molar refractivity (Wildman–Crippen MR) is 280 cm³/mol. The molecule has 0 aliphatic heterocycles. The van der Waals surface area contributed by atoms with Gasteiger partial charge in [-0.1, -0.05) is 121 Å². The van der Waals surface area contributed by atoms with Crippen LogP contribution in [0.5, 0.6) is 0 Å². The largest absolute Gasteiger partial charge is 0.456 e. The highest BCUT2D eigenvalue weighted by Gasteiger charge is 2.26. The number of anilines is 6. The van der Waals surface area contributed by atoms with Gasteiger partial charge < -0.3 is 27.5 Å². The first-order chi connectivity index (χ1) is 33.7. The van der Waals surface area contributed by atoms with Gasteiger partial charge in [-0.15, -0.1) is 0 Å². The Labute approximate surface area is 387 Å². The first kappa shape index (κ1) is 37.0. The van der Waals surface area contributed by atoms with E-state index in [4.69, 9.17) is 17.7 Å². The molecule has 0 fully saturated rings. The van der Waals surface area contributed by atoms with E-state index >= 15 is 0 Å². The molecular formula is C62H36N2O4. The summed E-state index contributed by atoms with van der Waals surface area (Å²) in [6, 6.07) is 76.5. The lowest BCUT2D eigenvalue weighted by Gasteiger charge is -2.27. The molecule has 0 radical (unpaired) electrons. The summed E-state index contributed by atoms with van der Waals surface area (Å²) in [5, 5.41) is 12.8. The molecule has 68 heavy (non-hydrogen) atoms. The number of rotatable bonds is 6. The van der Waals surface area contributed by atoms with E-state index in [2.05, 4.69) is 204 Å². The van der Waals surface area contributed by atoms with Gasteiger partial charge in [0.05, 0.1) is 16.8 Å². The van der Waals surface area contributed by atoms with Crippen molar-refractivity contribution in [2.45, 2.75) is 0 Å². The van der Waals surface area contributed by atoms with Crippen LogP contribution in [0, 0.1) is 0 Å². The lowest BCUT2D eigenvalue weighted by atomic mass is 9.98. The van der Waals surface area contributed by atoms with Crippen molar-refractivity contribution >= 4 is 143 Å². The Morgan fingerprint density at radius 1 is 0.221 bits per heavy atom. The smallest absolute Gasteiger partial charge is 0.147 e. The highest BCUT2D eigenvalue weighted by molar-refractivity contribution is 6.32. The third-order valence-electron chi connectivity index (χ3n) is 13.8. The van der Waals surface area contributed by atoms with Crippen molar-refractivity contribution in [3.8, 4) is 0 Å². The maximum absolute atomic E-state index is 7.23. The van der Waals surface area contributed by atoms with Crippen LogP contribution in [0.2, 0.25) is 0 Å². The molecule has 15 aromatic rings. The van der Waals surface area contributed by atoms with Gasteiger partial charge in [-0.3, -0.25) is 0 Å². The van der Waals surface area contributed by atoms with Crippen LogP contribution in [0.15, 0.2) is 236 Å². The van der Waals surface area contributed by atoms with Gasteiger partial charge in [-0.2, -0.15) is 0 Å². The molecule has 0 spiro atoms. The van der Waals surface area contributed by atoms with E-state index in [0.29, 0.717) is 0 Å². The first-order valence-electron chi connectivity index (χ1n) is 22.9. The quantitative estimate of drug-likeness (QED) is 0.166. The molecule has 0 unspecified atom stereocenters. The lowest BCUT2D eigenvalue weighted by molar-refractivity contribution is 0.663. The molecule has 6 nitrogen and oxygen atoms in total. The number of benzene rings is 11. The van der Waals surface area contributed by atoms with E-state index in [0.717, 1.165) is 143 Å². The number of hydrogen-bond donors (Lipinski definition) is 0. The molecule has 4 heterocycles. The van der Waals surface area contributed by atoms with Gasteiger partial charge in [0.15, 0.2) is 0 Å². The van der Waals surface area contributed by atoms with Gasteiger partial charge in [0.1, 0.15) is 44.7 Å². The Morgan fingerprint density at radius 2 is 0.632 bits per heavy atom. The summed E-state index contributed by atoms with van der Waals surface area (Å²) in [6.07, 6.45) is 0. The molecule has 4 aromatic heterocycles. The zero-order chi connectivity index (χ0) is 44.5. The summed E-state index contributed by atoms with van der Waals surface area (Å²) >= 11 is 0. The zero-order valence-corrected chi connectivity index (χ0v) is 36.3. The molecular weight excluding hydrogens is 837 g/mol. The van der Waals surface area contributed by atoms with Crippen LogP contribution in [0.4, 0.5) is 34.1 Å². The van der Waals surface area contributed by atoms with Gasteiger partial charge >= 0.3 is 0 Å². The summed E-state index contributed by atoms with van der Waals surface area (Å²) in [4.78, 5) is 4.66. The van der Waals surface area contributed by atoms with Gasteiger partial charge in [0, 0.05) is 83.4 Å². The van der Waals surface area contributed by atoms with E-state index in [1.807, 2.05) is 24.3 Å². The van der Waals surface area contributed by atoms with Crippen LogP contribution in [-0.2, 0) is 0 Å². The van der Waals surface area contributed by atoms with Crippen LogP contribution in [0.1, 0.15) is 0 Å². The average Bonchev–Trinajstić information content (AvgIpc) is 4.17. The third-order valence-corrected chi connectivity index (χ3v) is 13.8. The molecule has 0 aliphatic rings. The van der Waals surface area contributed by atoms with Crippen molar-refractivity contribution in [3.63, 3.8) is 0 Å². The van der Waals surface area contributed by atoms with Crippen LogP contribution in [-0.4, -0.2) is 0 Å². The summed E-state index contributed by atoms with van der Waals surface area (Å²) in [5.74, 6) is 0. The Hall–Kier alpha value is -9.26. The normalized spacial score (nSPS) is 12.1. The van der Waals surface area contributed by atoms with Gasteiger partial charge in [-0.25, -0.2) is 0 Å². The fraction of sp³-hybridized carbons (Fsp3) is 0. The van der Waals surface area contributed by atoms with Gasteiger partial charge in [0.2, 0.25) is 0 Å². The number of para-hydroxylation sites is 4. The van der Waals surface area contributed by atoms with E-state index in [-0.39, 0.29) is 0 Å². The molecule has 0 aliphatic carbocycles. The Balaban J connectivity index is 0.973. The number of fused-ring (bicyclic) bond motifs is 17. The van der Waals surface area contributed by atoms with Crippen LogP contribution in [0.25, 0.3) is 109 Å². The average molecular weight is 873 g/mol. The fourth-order valence-electron chi connectivity index (χ4n) is 10.9. The summed E-state index contributed by atoms with van der Waals surface area (Å²) in [5.41, 5.74) is 12.7. The number of furan rings is 4. The molecule has 0 saturated carbocycles. The number of hydrogen-bond acceptors (Lipinski definition) is 6. The van der Waals surface area contributed by atoms with Crippen molar-refractivity contribution in [1.82, 2.24) is 0 Å². The fourth-order valence-corrected chi connectivity index (χ4v) is 10.9. The second-order valence-corrected chi connectivity index (χ2v) is 17.5. The van der Waals surface area contributed by atoms with E-state index in [1.54, 1.807) is 0 Å². The maximum atomic E-state index is 7.23. The van der Waals surface area contributed by atoms with Crippen LogP contribution >= 0.6 is 0 Å². The standard InChI is InChI=1S/C62H36N2O4/c1-3-15-37(16-4-1)63(39-27-30-54-48(33-39)43-21-11-13-25-52(43)65-54)50-35-57-59(45-23-9-7-19-41(45)50)47-29-32-56-61(62(47)68-57)60-46-24-10-8-20-42(46)51(36-58(60)67-56)64(38-17-5-2-6-18-38)40-28-31-55-49(34-40)44-22-12-14-26-53(44)66-55/h1-36H. The first-order valence-corrected chi connectivity index (χ1v) is 22.9. The Bertz CT molecular complexity index is 4520. The van der Waals surface area contributed by atoms with Gasteiger partial charge in [-0.05, 0) is 95.7 Å². The predicted octanol–water partition coefficient (Wildman–Crippen LogP) is 18.5. The van der Waals surface area contributed by atoms with Crippen molar-refractivity contribution in [2.24, 2.45) is 0 Å². The minimum Gasteiger partial charge on any atom is -0.456 e. The lowest BCUT2D eigenvalue weighted by Crippen LogP contribution is -2.10. The topological polar surface area (TPSA) is 59.0 Å². The number of nitrogens with zero attached hydrogens (tertiary/aromatic N) is 2. The van der Waals surface area contributed by atoms with E-state index in [1.165, 1.54) is 0 Å². The minimum absolute atomic E-state index is 0.766. The van der Waals surface area contributed by atoms with E-state index in [9.17, 15) is 0 Å². The van der Waals surface area contributed by atoms with Crippen molar-refractivity contribution in [1.29, 1.82) is 0 Å². The summed E-state index contributed by atoms with van der Waals surface area (Å²) in [7, 11) is 0. The molecule has 318 valence electrons. The van der Waals surface area contributed by atoms with Crippen molar-refractivity contribution in [3.05, 3.63) is 218 Å². The minimum atomic E-state index is 0.766. The zero-order valence-electron chi connectivity index (χ0n) is 36.3. The highest BCUT2D eigenvalue weighted by atomic mass is 16.3. The molecule has 0 atom stereocenters. The summed E-state index contributed by atoms with van der Waals surface area (Å²) in [6.45, 7) is 0. The maximum Gasteiger partial charge on any atom is 0.147 e.